The molecule has 5 N–H and O–H groups in total. The van der Waals surface area contributed by atoms with Gasteiger partial charge in [-0.05, 0) is 79.9 Å². The molecule has 3 aliphatic heterocycles. The Hall–Kier alpha value is -3.68. The quantitative estimate of drug-likeness (QED) is 0.186. The summed E-state index contributed by atoms with van der Waals surface area (Å²) in [6.45, 7) is 9.40. The highest BCUT2D eigenvalue weighted by molar-refractivity contribution is 6.06. The fourth-order valence-electron chi connectivity index (χ4n) is 13.8. The molecule has 3 saturated carbocycles. The molecular weight excluding hydrogens is 879 g/mol. The number of phenols is 2. The average Bonchev–Trinajstić information content (AvgIpc) is 3.70. The van der Waals surface area contributed by atoms with Crippen LogP contribution in [0, 0.1) is 17.8 Å². The van der Waals surface area contributed by atoms with E-state index in [-0.39, 0.29) is 125 Å². The van der Waals surface area contributed by atoms with Crippen LogP contribution in [0.1, 0.15) is 141 Å². The van der Waals surface area contributed by atoms with Crippen LogP contribution in [0.5, 0.6) is 11.5 Å². The molecule has 16 heteroatoms. The van der Waals surface area contributed by atoms with Crippen molar-refractivity contribution in [3.8, 4) is 22.6 Å². The number of amides is 1. The Morgan fingerprint density at radius 2 is 1.47 bits per heavy atom. The summed E-state index contributed by atoms with van der Waals surface area (Å²) >= 11 is 0. The topological polar surface area (TPSA) is 216 Å². The Morgan fingerprint density at radius 1 is 0.750 bits per heavy atom. The highest BCUT2D eigenvalue weighted by Gasteiger charge is 2.50. The fourth-order valence-corrected chi connectivity index (χ4v) is 13.8. The number of nitrogens with zero attached hydrogens (tertiary/aromatic N) is 1. The van der Waals surface area contributed by atoms with Gasteiger partial charge in [0.25, 0.3) is 5.91 Å². The van der Waals surface area contributed by atoms with E-state index >= 15 is 0 Å². The van der Waals surface area contributed by atoms with Crippen molar-refractivity contribution in [3.63, 3.8) is 0 Å². The molecule has 68 heavy (non-hydrogen) atoms. The number of methoxy groups -OCH3 is 2. The van der Waals surface area contributed by atoms with Crippen LogP contribution in [0.4, 0.5) is 0 Å². The summed E-state index contributed by atoms with van der Waals surface area (Å²) in [6.07, 6.45) is 0.954. The third-order valence-electron chi connectivity index (χ3n) is 17.2. The number of fused-ring (bicyclic) bond motifs is 7. The summed E-state index contributed by atoms with van der Waals surface area (Å²) in [6, 6.07) is 1.91. The fraction of sp³-hybridized carbons (Fsp3) is 0.692. The lowest BCUT2D eigenvalue weighted by molar-refractivity contribution is -0.194. The molecule has 370 valence electrons. The molecule has 4 fully saturated rings. The van der Waals surface area contributed by atoms with Gasteiger partial charge >= 0.3 is 0 Å². The van der Waals surface area contributed by atoms with Crippen molar-refractivity contribution in [2.45, 2.75) is 177 Å². The molecule has 2 aromatic carbocycles. The maximum absolute atomic E-state index is 14.6. The molecule has 1 saturated heterocycles. The largest absolute Gasteiger partial charge is 0.506 e. The van der Waals surface area contributed by atoms with E-state index in [2.05, 4.69) is 13.8 Å². The number of benzene rings is 2. The zero-order chi connectivity index (χ0) is 47.7. The predicted molar refractivity (Wildman–Crippen MR) is 244 cm³/mol. The zero-order valence-electron chi connectivity index (χ0n) is 39.9. The second kappa shape index (κ2) is 17.6. The molecule has 1 aromatic heterocycles. The van der Waals surface area contributed by atoms with Crippen LogP contribution in [0.15, 0.2) is 15.3 Å². The molecule has 3 aromatic rings. The smallest absolute Gasteiger partial charge is 0.260 e. The van der Waals surface area contributed by atoms with Gasteiger partial charge in [-0.15, -0.1) is 0 Å². The number of aliphatic hydroxyl groups is 3. The van der Waals surface area contributed by atoms with Gasteiger partial charge in [-0.1, -0.05) is 26.8 Å². The van der Waals surface area contributed by atoms with Crippen LogP contribution >= 0.6 is 0 Å². The molecular formula is C52H67NO15. The van der Waals surface area contributed by atoms with E-state index in [1.807, 2.05) is 19.9 Å². The zero-order valence-corrected chi connectivity index (χ0v) is 39.9. The van der Waals surface area contributed by atoms with Gasteiger partial charge in [-0.2, -0.15) is 0 Å². The van der Waals surface area contributed by atoms with Crippen molar-refractivity contribution >= 4 is 16.9 Å². The van der Waals surface area contributed by atoms with Gasteiger partial charge < -0.3 is 68.0 Å². The van der Waals surface area contributed by atoms with Crippen LogP contribution in [-0.4, -0.2) is 131 Å². The van der Waals surface area contributed by atoms with Gasteiger partial charge in [0, 0.05) is 69.1 Å². The highest BCUT2D eigenvalue weighted by atomic mass is 16.6. The Kier molecular flexibility index (Phi) is 12.1. The molecule has 1 amide bonds. The summed E-state index contributed by atoms with van der Waals surface area (Å²) in [5.41, 5.74) is 1.70. The van der Waals surface area contributed by atoms with Crippen molar-refractivity contribution in [2.24, 2.45) is 17.8 Å². The van der Waals surface area contributed by atoms with E-state index in [0.717, 1.165) is 24.8 Å². The summed E-state index contributed by atoms with van der Waals surface area (Å²) in [7, 11) is 3.37. The summed E-state index contributed by atoms with van der Waals surface area (Å²) in [5.74, 6) is -0.960. The number of hydrogen-bond acceptors (Lipinski definition) is 15. The van der Waals surface area contributed by atoms with Crippen molar-refractivity contribution < 1.29 is 67.9 Å². The van der Waals surface area contributed by atoms with Crippen molar-refractivity contribution in [1.29, 1.82) is 0 Å². The molecule has 11 rings (SSSR count). The van der Waals surface area contributed by atoms with E-state index in [9.17, 15) is 35.1 Å². The average molecular weight is 946 g/mol. The lowest BCUT2D eigenvalue weighted by Gasteiger charge is -2.45. The van der Waals surface area contributed by atoms with Gasteiger partial charge in [-0.3, -0.25) is 9.59 Å². The monoisotopic (exact) mass is 945 g/mol. The number of ether oxygens (including phenoxy) is 7. The number of carbonyl (C=O) groups is 1. The second-order valence-electron chi connectivity index (χ2n) is 21.6. The summed E-state index contributed by atoms with van der Waals surface area (Å²) in [5, 5.41) is 58.3. The first-order valence-electron chi connectivity index (χ1n) is 24.9. The SMILES string of the molecule is COC1CC(OC2C(C)CC(OC3CCC(OC4CC(O)c5c(oc6c7c8c(c(O)c6c5=O)-c5c(cc6c(c5O)C(=O)N5CCO[C@]5(C)C6)CC8COC7)C4O)CC3C)CC2OC)CC(C)C1O. The van der Waals surface area contributed by atoms with Gasteiger partial charge in [0.1, 0.15) is 40.1 Å². The summed E-state index contributed by atoms with van der Waals surface area (Å²) < 4.78 is 50.4. The summed E-state index contributed by atoms with van der Waals surface area (Å²) in [4.78, 5) is 30.2. The molecule has 5 aliphatic carbocycles. The molecule has 16 nitrogen and oxygen atoms in total. The van der Waals surface area contributed by atoms with Crippen LogP contribution in [-0.2, 0) is 52.6 Å². The third kappa shape index (κ3) is 7.45. The number of rotatable bonds is 8. The highest BCUT2D eigenvalue weighted by Crippen LogP contribution is 2.56. The lowest BCUT2D eigenvalue weighted by Crippen LogP contribution is -2.51. The Morgan fingerprint density at radius 3 is 2.24 bits per heavy atom. The minimum atomic E-state index is -1.38. The molecule has 15 unspecified atom stereocenters. The Labute approximate surface area is 395 Å². The van der Waals surface area contributed by atoms with Crippen molar-refractivity contribution in [3.05, 3.63) is 55.4 Å². The van der Waals surface area contributed by atoms with Crippen LogP contribution in [0.2, 0.25) is 0 Å². The van der Waals surface area contributed by atoms with Crippen LogP contribution in [0.25, 0.3) is 22.1 Å². The molecule has 0 radical (unpaired) electrons. The lowest BCUT2D eigenvalue weighted by atomic mass is 9.72. The van der Waals surface area contributed by atoms with Crippen molar-refractivity contribution in [2.75, 3.05) is 34.0 Å². The van der Waals surface area contributed by atoms with Crippen LogP contribution in [0.3, 0.4) is 0 Å². The number of phenolic OH excluding ortho intramolecular Hbond substituents is 2. The van der Waals surface area contributed by atoms with Gasteiger partial charge in [0.2, 0.25) is 5.43 Å². The van der Waals surface area contributed by atoms with Gasteiger partial charge in [0.15, 0.2) is 0 Å². The first-order valence-corrected chi connectivity index (χ1v) is 24.9. The molecule has 16 atom stereocenters. The number of hydrogen-bond donors (Lipinski definition) is 5. The van der Waals surface area contributed by atoms with E-state index in [0.29, 0.717) is 80.5 Å². The second-order valence-corrected chi connectivity index (χ2v) is 21.6. The van der Waals surface area contributed by atoms with E-state index in [4.69, 9.17) is 37.6 Å². The van der Waals surface area contributed by atoms with E-state index in [1.165, 1.54) is 0 Å². The molecule has 4 heterocycles. The van der Waals surface area contributed by atoms with Gasteiger partial charge in [-0.25, -0.2) is 0 Å². The standard InChI is InChI=1S/C52H67NO15/c1-22-11-28(7-8-33(22)66-29-13-24(3)48(36(17-29)62-6)67-30-12-23(2)43(55)34(16-30)61-5)65-35-18-32(54)40-46(58)42-47(59)41-37-27(20-63-21-31(37)49(42)68-50(40)44(35)56)15-25-14-26-19-52(4)53(9-10-64-52)51(60)39(26)45(57)38(25)41/h14,22-24,27-30,32-36,43-44,48,54-57,59H,7-13,15-21H2,1-6H3/t22?,23?,24?,27?,28?,29?,30?,32?,33?,34?,35?,36?,43?,44?,48?,52-/m1/s1. The number of aromatic hydroxyl groups is 2. The Bertz CT molecular complexity index is 2540. The third-order valence-corrected chi connectivity index (χ3v) is 17.2. The maximum atomic E-state index is 14.6. The van der Waals surface area contributed by atoms with E-state index in [1.54, 1.807) is 19.1 Å². The maximum Gasteiger partial charge on any atom is 0.260 e. The molecule has 0 bridgehead atoms. The number of carbonyl (C=O) groups excluding carboxylic acids is 1. The first-order chi connectivity index (χ1) is 32.6. The first kappa shape index (κ1) is 46.7. The molecule has 0 spiro atoms. The van der Waals surface area contributed by atoms with Crippen LogP contribution < -0.4 is 5.43 Å². The number of aliphatic hydroxyl groups excluding tert-OH is 3. The van der Waals surface area contributed by atoms with Crippen molar-refractivity contribution in [1.82, 2.24) is 4.90 Å². The minimum absolute atomic E-state index is 0.00551. The minimum Gasteiger partial charge on any atom is -0.506 e. The van der Waals surface area contributed by atoms with Gasteiger partial charge in [0.05, 0.1) is 92.0 Å². The Balaban J connectivity index is 0.805. The molecule has 8 aliphatic rings. The van der Waals surface area contributed by atoms with E-state index < -0.39 is 41.3 Å². The normalized spacial score (nSPS) is 38.7. The predicted octanol–water partition coefficient (Wildman–Crippen LogP) is 5.59.